The van der Waals surface area contributed by atoms with E-state index in [1.54, 1.807) is 16.9 Å². The summed E-state index contributed by atoms with van der Waals surface area (Å²) >= 11 is 0. The molecule has 0 spiro atoms. The molecule has 16 heavy (non-hydrogen) atoms. The molecule has 0 bridgehead atoms. The Bertz CT molecular complexity index is 500. The zero-order valence-corrected chi connectivity index (χ0v) is 9.74. The van der Waals surface area contributed by atoms with Crippen molar-refractivity contribution in [3.05, 3.63) is 42.0 Å². The Morgan fingerprint density at radius 2 is 2.06 bits per heavy atom. The van der Waals surface area contributed by atoms with Crippen molar-refractivity contribution in [2.24, 2.45) is 7.05 Å². The van der Waals surface area contributed by atoms with E-state index in [4.69, 9.17) is 0 Å². The molecule has 3 heteroatoms. The predicted octanol–water partition coefficient (Wildman–Crippen LogP) is 3.35. The van der Waals surface area contributed by atoms with Gasteiger partial charge in [0.05, 0.1) is 6.20 Å². The largest absolute Gasteiger partial charge is 0.275 e. The molecule has 0 N–H and O–H groups in total. The number of halogens is 1. The zero-order chi connectivity index (χ0) is 11.7. The number of benzene rings is 1. The van der Waals surface area contributed by atoms with E-state index >= 15 is 0 Å². The molecule has 0 aliphatic rings. The molecule has 0 unspecified atom stereocenters. The molecule has 2 nitrogen and oxygen atoms in total. The summed E-state index contributed by atoms with van der Waals surface area (Å²) in [6.45, 7) is 3.98. The molecule has 0 fully saturated rings. The lowest BCUT2D eigenvalue weighted by Gasteiger charge is -2.09. The fourth-order valence-corrected chi connectivity index (χ4v) is 1.78. The minimum atomic E-state index is -0.134. The average Bonchev–Trinajstić information content (AvgIpc) is 2.64. The van der Waals surface area contributed by atoms with Crippen LogP contribution in [0.5, 0.6) is 0 Å². The maximum absolute atomic E-state index is 14.2. The molecule has 84 valence electrons. The van der Waals surface area contributed by atoms with Crippen molar-refractivity contribution in [3.63, 3.8) is 0 Å². The van der Waals surface area contributed by atoms with Crippen LogP contribution in [-0.4, -0.2) is 9.78 Å². The Labute approximate surface area is 94.7 Å². The summed E-state index contributed by atoms with van der Waals surface area (Å²) in [5, 5.41) is 4.06. The van der Waals surface area contributed by atoms with E-state index in [2.05, 4.69) is 5.10 Å². The molecule has 0 aliphatic heterocycles. The zero-order valence-electron chi connectivity index (χ0n) is 9.74. The van der Waals surface area contributed by atoms with Gasteiger partial charge in [0, 0.05) is 24.4 Å². The quantitative estimate of drug-likeness (QED) is 0.755. The minimum Gasteiger partial charge on any atom is -0.275 e. The van der Waals surface area contributed by atoms with E-state index in [9.17, 15) is 4.39 Å². The monoisotopic (exact) mass is 218 g/mol. The molecule has 0 aliphatic carbocycles. The highest BCUT2D eigenvalue weighted by molar-refractivity contribution is 5.63. The van der Waals surface area contributed by atoms with Gasteiger partial charge in [0.1, 0.15) is 5.82 Å². The highest BCUT2D eigenvalue weighted by Crippen LogP contribution is 2.28. The van der Waals surface area contributed by atoms with E-state index in [1.807, 2.05) is 39.2 Å². The third-order valence-electron chi connectivity index (χ3n) is 2.67. The lowest BCUT2D eigenvalue weighted by atomic mass is 9.98. The van der Waals surface area contributed by atoms with Crippen LogP contribution in [0.2, 0.25) is 0 Å². The first kappa shape index (κ1) is 10.9. The summed E-state index contributed by atoms with van der Waals surface area (Å²) < 4.78 is 15.9. The molecular formula is C13H15FN2. The fraction of sp³-hybridized carbons (Fsp3) is 0.308. The Kier molecular flexibility index (Phi) is 2.77. The van der Waals surface area contributed by atoms with Gasteiger partial charge in [-0.25, -0.2) is 4.39 Å². The third-order valence-corrected chi connectivity index (χ3v) is 2.67. The molecule has 0 saturated heterocycles. The van der Waals surface area contributed by atoms with Crippen molar-refractivity contribution in [2.45, 2.75) is 19.8 Å². The lowest BCUT2D eigenvalue weighted by molar-refractivity contribution is 0.602. The molecule has 2 rings (SSSR count). The summed E-state index contributed by atoms with van der Waals surface area (Å²) in [5.41, 5.74) is 2.20. The van der Waals surface area contributed by atoms with Crippen LogP contribution in [0.3, 0.4) is 0 Å². The standard InChI is InChI=1S/C13H15FN2/c1-9(2)11-5-4-6-12(13(11)14)10-7-15-16(3)8-10/h4-9H,1-3H3. The van der Waals surface area contributed by atoms with Crippen molar-refractivity contribution in [1.82, 2.24) is 9.78 Å². The SMILES string of the molecule is CC(C)c1cccc(-c2cnn(C)c2)c1F. The van der Waals surface area contributed by atoms with Gasteiger partial charge in [-0.3, -0.25) is 4.68 Å². The van der Waals surface area contributed by atoms with Gasteiger partial charge in [-0.1, -0.05) is 32.0 Å². The lowest BCUT2D eigenvalue weighted by Crippen LogP contribution is -1.95. The molecule has 1 heterocycles. The van der Waals surface area contributed by atoms with Gasteiger partial charge in [-0.05, 0) is 11.5 Å². The Balaban J connectivity index is 2.54. The van der Waals surface area contributed by atoms with Gasteiger partial charge in [0.2, 0.25) is 0 Å². The number of nitrogens with zero attached hydrogens (tertiary/aromatic N) is 2. The van der Waals surface area contributed by atoms with Crippen molar-refractivity contribution >= 4 is 0 Å². The normalized spacial score (nSPS) is 11.1. The van der Waals surface area contributed by atoms with Crippen molar-refractivity contribution in [2.75, 3.05) is 0 Å². The molecule has 0 atom stereocenters. The van der Waals surface area contributed by atoms with Crippen LogP contribution in [0.15, 0.2) is 30.6 Å². The maximum atomic E-state index is 14.2. The van der Waals surface area contributed by atoms with Gasteiger partial charge in [0.25, 0.3) is 0 Å². The second-order valence-corrected chi connectivity index (χ2v) is 4.27. The van der Waals surface area contributed by atoms with E-state index in [-0.39, 0.29) is 11.7 Å². The summed E-state index contributed by atoms with van der Waals surface area (Å²) in [6, 6.07) is 5.51. The maximum Gasteiger partial charge on any atom is 0.134 e. The van der Waals surface area contributed by atoms with Crippen molar-refractivity contribution in [3.8, 4) is 11.1 Å². The molecule has 2 aromatic rings. The van der Waals surface area contributed by atoms with Gasteiger partial charge < -0.3 is 0 Å². The predicted molar refractivity (Wildman–Crippen MR) is 62.7 cm³/mol. The average molecular weight is 218 g/mol. The minimum absolute atomic E-state index is 0.134. The topological polar surface area (TPSA) is 17.8 Å². The Morgan fingerprint density at radius 3 is 2.62 bits per heavy atom. The highest BCUT2D eigenvalue weighted by Gasteiger charge is 2.12. The Hall–Kier alpha value is -1.64. The number of aryl methyl sites for hydroxylation is 1. The van der Waals surface area contributed by atoms with Crippen LogP contribution in [0.25, 0.3) is 11.1 Å². The first-order chi connectivity index (χ1) is 7.59. The Morgan fingerprint density at radius 1 is 1.31 bits per heavy atom. The first-order valence-electron chi connectivity index (χ1n) is 5.37. The summed E-state index contributed by atoms with van der Waals surface area (Å²) in [6.07, 6.45) is 3.50. The van der Waals surface area contributed by atoms with Crippen LogP contribution >= 0.6 is 0 Å². The van der Waals surface area contributed by atoms with E-state index in [1.165, 1.54) is 0 Å². The third kappa shape index (κ3) is 1.85. The summed E-state index contributed by atoms with van der Waals surface area (Å²) in [4.78, 5) is 0. The van der Waals surface area contributed by atoms with Crippen LogP contribution < -0.4 is 0 Å². The molecule has 1 aromatic heterocycles. The molecular weight excluding hydrogens is 203 g/mol. The van der Waals surface area contributed by atoms with Gasteiger partial charge in [-0.15, -0.1) is 0 Å². The fourth-order valence-electron chi connectivity index (χ4n) is 1.78. The number of hydrogen-bond acceptors (Lipinski definition) is 1. The number of aromatic nitrogens is 2. The highest BCUT2D eigenvalue weighted by atomic mass is 19.1. The molecule has 1 aromatic carbocycles. The number of rotatable bonds is 2. The number of hydrogen-bond donors (Lipinski definition) is 0. The van der Waals surface area contributed by atoms with Crippen LogP contribution in [0, 0.1) is 5.82 Å². The summed E-state index contributed by atoms with van der Waals surface area (Å²) in [7, 11) is 1.83. The second-order valence-electron chi connectivity index (χ2n) is 4.27. The van der Waals surface area contributed by atoms with Crippen LogP contribution in [0.1, 0.15) is 25.3 Å². The van der Waals surface area contributed by atoms with Crippen LogP contribution in [-0.2, 0) is 7.05 Å². The van der Waals surface area contributed by atoms with E-state index in [0.29, 0.717) is 5.56 Å². The van der Waals surface area contributed by atoms with E-state index in [0.717, 1.165) is 11.1 Å². The smallest absolute Gasteiger partial charge is 0.134 e. The molecule has 0 amide bonds. The molecule has 0 radical (unpaired) electrons. The molecule has 0 saturated carbocycles. The van der Waals surface area contributed by atoms with Gasteiger partial charge >= 0.3 is 0 Å². The second kappa shape index (κ2) is 4.08. The van der Waals surface area contributed by atoms with Crippen molar-refractivity contribution < 1.29 is 4.39 Å². The van der Waals surface area contributed by atoms with Crippen LogP contribution in [0.4, 0.5) is 4.39 Å². The summed E-state index contributed by atoms with van der Waals surface area (Å²) in [5.74, 6) is 0.0575. The van der Waals surface area contributed by atoms with Gasteiger partial charge in [0.15, 0.2) is 0 Å². The van der Waals surface area contributed by atoms with Gasteiger partial charge in [-0.2, -0.15) is 5.10 Å². The van der Waals surface area contributed by atoms with Crippen molar-refractivity contribution in [1.29, 1.82) is 0 Å². The first-order valence-corrected chi connectivity index (χ1v) is 5.37. The van der Waals surface area contributed by atoms with E-state index < -0.39 is 0 Å².